The summed E-state index contributed by atoms with van der Waals surface area (Å²) in [5.41, 5.74) is 0.450. The number of ketones is 1. The maximum atomic E-state index is 13.4. The average Bonchev–Trinajstić information content (AvgIpc) is 2.23. The normalized spacial score (nSPS) is 10.4. The molecule has 0 saturated carbocycles. The zero-order valence-corrected chi connectivity index (χ0v) is 10.7. The van der Waals surface area contributed by atoms with Crippen LogP contribution in [0.5, 0.6) is 0 Å². The van der Waals surface area contributed by atoms with E-state index in [-0.39, 0.29) is 18.0 Å². The fourth-order valence-electron chi connectivity index (χ4n) is 1.38. The van der Waals surface area contributed by atoms with Crippen LogP contribution in [-0.2, 0) is 16.0 Å². The van der Waals surface area contributed by atoms with Gasteiger partial charge in [0.05, 0.1) is 0 Å². The summed E-state index contributed by atoms with van der Waals surface area (Å²) >= 11 is 3.17. The van der Waals surface area contributed by atoms with E-state index in [0.717, 1.165) is 0 Å². The Morgan fingerprint density at radius 3 is 2.88 bits per heavy atom. The molecule has 0 spiro atoms. The molecule has 1 aromatic carbocycles. The summed E-state index contributed by atoms with van der Waals surface area (Å²) in [5.74, 6) is -0.298. The molecule has 0 aliphatic carbocycles. The van der Waals surface area contributed by atoms with Crippen molar-refractivity contribution in [3.05, 3.63) is 34.1 Å². The minimum absolute atomic E-state index is 0.0401. The van der Waals surface area contributed by atoms with Crippen molar-refractivity contribution in [1.82, 2.24) is 0 Å². The molecule has 88 valence electrons. The maximum Gasteiger partial charge on any atom is 0.137 e. The lowest BCUT2D eigenvalue weighted by Crippen LogP contribution is -2.05. The summed E-state index contributed by atoms with van der Waals surface area (Å²) in [5, 5.41) is 0. The molecule has 0 aliphatic rings. The van der Waals surface area contributed by atoms with Gasteiger partial charge in [-0.05, 0) is 24.1 Å². The zero-order chi connectivity index (χ0) is 12.0. The van der Waals surface area contributed by atoms with Crippen molar-refractivity contribution < 1.29 is 13.9 Å². The summed E-state index contributed by atoms with van der Waals surface area (Å²) in [6.45, 7) is 0.564. The first-order valence-electron chi connectivity index (χ1n) is 5.08. The van der Waals surface area contributed by atoms with E-state index in [1.165, 1.54) is 6.07 Å². The van der Waals surface area contributed by atoms with Crippen LogP contribution < -0.4 is 0 Å². The molecule has 0 atom stereocenters. The summed E-state index contributed by atoms with van der Waals surface area (Å²) in [4.78, 5) is 11.5. The fourth-order valence-corrected chi connectivity index (χ4v) is 1.71. The standard InChI is InChI=1S/C12H14BrFO2/c1-16-6-2-3-11(15)7-9-4-5-10(13)8-12(9)14/h4-5,8H,2-3,6-7H2,1H3. The average molecular weight is 289 g/mol. The van der Waals surface area contributed by atoms with E-state index >= 15 is 0 Å². The van der Waals surface area contributed by atoms with Gasteiger partial charge < -0.3 is 4.74 Å². The second-order valence-electron chi connectivity index (χ2n) is 3.55. The third-order valence-corrected chi connectivity index (χ3v) is 2.70. The molecule has 0 N–H and O–H groups in total. The molecule has 0 heterocycles. The second-order valence-corrected chi connectivity index (χ2v) is 4.46. The van der Waals surface area contributed by atoms with Gasteiger partial charge in [0, 0.05) is 31.0 Å². The van der Waals surface area contributed by atoms with E-state index in [1.54, 1.807) is 19.2 Å². The molecule has 0 unspecified atom stereocenters. The van der Waals surface area contributed by atoms with Crippen LogP contribution in [0, 0.1) is 5.82 Å². The van der Waals surface area contributed by atoms with Crippen molar-refractivity contribution in [2.24, 2.45) is 0 Å². The Morgan fingerprint density at radius 1 is 1.50 bits per heavy atom. The van der Waals surface area contributed by atoms with E-state index in [9.17, 15) is 9.18 Å². The topological polar surface area (TPSA) is 26.3 Å². The second kappa shape index (κ2) is 6.76. The van der Waals surface area contributed by atoms with Crippen LogP contribution in [0.15, 0.2) is 22.7 Å². The van der Waals surface area contributed by atoms with E-state index in [2.05, 4.69) is 15.9 Å². The molecule has 0 amide bonds. The quantitative estimate of drug-likeness (QED) is 0.752. The summed E-state index contributed by atoms with van der Waals surface area (Å²) < 4.78 is 18.9. The highest BCUT2D eigenvalue weighted by molar-refractivity contribution is 9.10. The van der Waals surface area contributed by atoms with E-state index in [4.69, 9.17) is 4.74 Å². The van der Waals surface area contributed by atoms with E-state index in [1.807, 2.05) is 0 Å². The number of carbonyl (C=O) groups excluding carboxylic acids is 1. The maximum absolute atomic E-state index is 13.4. The molecule has 0 aliphatic heterocycles. The first-order valence-corrected chi connectivity index (χ1v) is 5.87. The van der Waals surface area contributed by atoms with Crippen molar-refractivity contribution in [1.29, 1.82) is 0 Å². The van der Waals surface area contributed by atoms with Crippen LogP contribution in [0.3, 0.4) is 0 Å². The molecule has 0 radical (unpaired) electrons. The molecule has 4 heteroatoms. The number of Topliss-reactive ketones (excluding diaryl/α,β-unsaturated/α-hetero) is 1. The first kappa shape index (κ1) is 13.3. The smallest absolute Gasteiger partial charge is 0.137 e. The third kappa shape index (κ3) is 4.41. The van der Waals surface area contributed by atoms with Gasteiger partial charge in [0.25, 0.3) is 0 Å². The Bertz CT molecular complexity index is 366. The van der Waals surface area contributed by atoms with Gasteiger partial charge in [-0.1, -0.05) is 22.0 Å². The highest BCUT2D eigenvalue weighted by Crippen LogP contribution is 2.16. The Balaban J connectivity index is 2.49. The molecule has 0 saturated heterocycles. The number of hydrogen-bond donors (Lipinski definition) is 0. The minimum Gasteiger partial charge on any atom is -0.385 e. The SMILES string of the molecule is COCCCC(=O)Cc1ccc(Br)cc1F. The van der Waals surface area contributed by atoms with Crippen molar-refractivity contribution >= 4 is 21.7 Å². The zero-order valence-electron chi connectivity index (χ0n) is 9.13. The van der Waals surface area contributed by atoms with Gasteiger partial charge in [-0.25, -0.2) is 4.39 Å². The predicted molar refractivity (Wildman–Crippen MR) is 63.9 cm³/mol. The number of hydrogen-bond acceptors (Lipinski definition) is 2. The summed E-state index contributed by atoms with van der Waals surface area (Å²) in [6.07, 6.45) is 1.28. The molecule has 0 aromatic heterocycles. The Hall–Kier alpha value is -0.740. The van der Waals surface area contributed by atoms with Crippen LogP contribution in [-0.4, -0.2) is 19.5 Å². The van der Waals surface area contributed by atoms with Crippen LogP contribution in [0.1, 0.15) is 18.4 Å². The lowest BCUT2D eigenvalue weighted by Gasteiger charge is -2.03. The number of carbonyl (C=O) groups is 1. The minimum atomic E-state index is -0.338. The van der Waals surface area contributed by atoms with Gasteiger partial charge in [0.1, 0.15) is 11.6 Å². The van der Waals surface area contributed by atoms with Crippen LogP contribution in [0.4, 0.5) is 4.39 Å². The van der Waals surface area contributed by atoms with Gasteiger partial charge in [0.2, 0.25) is 0 Å². The predicted octanol–water partition coefficient (Wildman–Crippen LogP) is 3.13. The Labute approximate surface area is 103 Å². The lowest BCUT2D eigenvalue weighted by molar-refractivity contribution is -0.118. The fraction of sp³-hybridized carbons (Fsp3) is 0.417. The van der Waals surface area contributed by atoms with Crippen LogP contribution in [0.2, 0.25) is 0 Å². The summed E-state index contributed by atoms with van der Waals surface area (Å²) in [6, 6.07) is 4.74. The lowest BCUT2D eigenvalue weighted by atomic mass is 10.1. The van der Waals surface area contributed by atoms with Crippen molar-refractivity contribution in [2.75, 3.05) is 13.7 Å². The molecule has 0 fully saturated rings. The Morgan fingerprint density at radius 2 is 2.25 bits per heavy atom. The van der Waals surface area contributed by atoms with Crippen LogP contribution in [0.25, 0.3) is 0 Å². The number of methoxy groups -OCH3 is 1. The monoisotopic (exact) mass is 288 g/mol. The molecule has 1 aromatic rings. The molecular formula is C12H14BrFO2. The van der Waals surface area contributed by atoms with Crippen molar-refractivity contribution in [3.8, 4) is 0 Å². The molecule has 16 heavy (non-hydrogen) atoms. The van der Waals surface area contributed by atoms with Crippen molar-refractivity contribution in [2.45, 2.75) is 19.3 Å². The van der Waals surface area contributed by atoms with Crippen molar-refractivity contribution in [3.63, 3.8) is 0 Å². The molecule has 0 bridgehead atoms. The first-order chi connectivity index (χ1) is 7.63. The van der Waals surface area contributed by atoms with E-state index in [0.29, 0.717) is 29.5 Å². The van der Waals surface area contributed by atoms with E-state index < -0.39 is 0 Å². The number of rotatable bonds is 6. The highest BCUT2D eigenvalue weighted by atomic mass is 79.9. The van der Waals surface area contributed by atoms with Gasteiger partial charge >= 0.3 is 0 Å². The van der Waals surface area contributed by atoms with Gasteiger partial charge in [0.15, 0.2) is 0 Å². The van der Waals surface area contributed by atoms with Gasteiger partial charge in [-0.15, -0.1) is 0 Å². The molecule has 1 rings (SSSR count). The number of halogens is 2. The molecular weight excluding hydrogens is 275 g/mol. The van der Waals surface area contributed by atoms with Crippen LogP contribution >= 0.6 is 15.9 Å². The number of benzene rings is 1. The molecule has 2 nitrogen and oxygen atoms in total. The highest BCUT2D eigenvalue weighted by Gasteiger charge is 2.08. The van der Waals surface area contributed by atoms with Gasteiger partial charge in [-0.2, -0.15) is 0 Å². The largest absolute Gasteiger partial charge is 0.385 e. The van der Waals surface area contributed by atoms with Gasteiger partial charge in [-0.3, -0.25) is 4.79 Å². The number of ether oxygens (including phenoxy) is 1. The summed E-state index contributed by atoms with van der Waals surface area (Å²) in [7, 11) is 1.60. The third-order valence-electron chi connectivity index (χ3n) is 2.21. The Kier molecular flexibility index (Phi) is 5.63.